The lowest BCUT2D eigenvalue weighted by Crippen LogP contribution is -2.40. The zero-order valence-electron chi connectivity index (χ0n) is 10.1. The third-order valence-corrected chi connectivity index (χ3v) is 6.85. The highest BCUT2D eigenvalue weighted by Crippen LogP contribution is 2.26. The van der Waals surface area contributed by atoms with E-state index in [0.717, 1.165) is 16.7 Å². The molecule has 0 aromatic carbocycles. The fourth-order valence-corrected chi connectivity index (χ4v) is 5.63. The highest BCUT2D eigenvalue weighted by molar-refractivity contribution is 8.39. The molecule has 0 saturated carbocycles. The molecule has 2 aliphatic rings. The number of hydrogen-bond donors (Lipinski definition) is 1. The van der Waals surface area contributed by atoms with Crippen molar-refractivity contribution in [2.24, 2.45) is 4.99 Å². The number of hydrogen-bond acceptors (Lipinski definition) is 6. The monoisotopic (exact) mass is 308 g/mol. The van der Waals surface area contributed by atoms with E-state index < -0.39 is 9.84 Å². The normalized spacial score (nSPS) is 27.8. The van der Waals surface area contributed by atoms with Gasteiger partial charge in [-0.1, -0.05) is 23.5 Å². The van der Waals surface area contributed by atoms with Crippen LogP contribution in [0.1, 0.15) is 13.3 Å². The van der Waals surface area contributed by atoms with Crippen molar-refractivity contribution in [1.82, 2.24) is 5.32 Å². The van der Waals surface area contributed by atoms with Gasteiger partial charge in [0.1, 0.15) is 4.38 Å². The van der Waals surface area contributed by atoms with Crippen LogP contribution in [0.3, 0.4) is 0 Å². The largest absolute Gasteiger partial charge is 0.351 e. The highest BCUT2D eigenvalue weighted by atomic mass is 32.2. The SMILES string of the molecule is C[C@H](SC1=NCCS1)C(=O)N[C@H]1CCS(=O)(=O)C1. The number of aliphatic imine (C=N–C) groups is 1. The number of sulfone groups is 1. The molecule has 102 valence electrons. The average Bonchev–Trinajstić information content (AvgIpc) is 2.88. The minimum atomic E-state index is -2.94. The van der Waals surface area contributed by atoms with E-state index in [9.17, 15) is 13.2 Å². The van der Waals surface area contributed by atoms with Crippen LogP contribution in [0.25, 0.3) is 0 Å². The first kappa shape index (κ1) is 14.2. The second kappa shape index (κ2) is 5.83. The summed E-state index contributed by atoms with van der Waals surface area (Å²) in [6.45, 7) is 2.65. The fraction of sp³-hybridized carbons (Fsp3) is 0.800. The lowest BCUT2D eigenvalue weighted by atomic mass is 10.2. The molecule has 0 aromatic rings. The second-order valence-corrected chi connectivity index (χ2v) is 9.26. The summed E-state index contributed by atoms with van der Waals surface area (Å²) in [5.41, 5.74) is 0. The van der Waals surface area contributed by atoms with Crippen LogP contribution in [0.4, 0.5) is 0 Å². The van der Waals surface area contributed by atoms with Gasteiger partial charge >= 0.3 is 0 Å². The minimum absolute atomic E-state index is 0.0752. The Morgan fingerprint density at radius 2 is 2.39 bits per heavy atom. The molecule has 2 aliphatic heterocycles. The summed E-state index contributed by atoms with van der Waals surface area (Å²) in [5.74, 6) is 1.14. The Hall–Kier alpha value is -0.210. The van der Waals surface area contributed by atoms with Gasteiger partial charge < -0.3 is 5.32 Å². The van der Waals surface area contributed by atoms with Crippen LogP contribution in [-0.4, -0.2) is 53.8 Å². The Kier molecular flexibility index (Phi) is 4.60. The first-order valence-electron chi connectivity index (χ1n) is 5.81. The lowest BCUT2D eigenvalue weighted by molar-refractivity contribution is -0.120. The van der Waals surface area contributed by atoms with E-state index in [0.29, 0.717) is 6.42 Å². The Morgan fingerprint density at radius 3 is 2.94 bits per heavy atom. The summed E-state index contributed by atoms with van der Waals surface area (Å²) >= 11 is 3.12. The third-order valence-electron chi connectivity index (χ3n) is 2.78. The summed E-state index contributed by atoms with van der Waals surface area (Å²) in [6.07, 6.45) is 0.529. The van der Waals surface area contributed by atoms with Crippen LogP contribution in [0.2, 0.25) is 0 Å². The van der Waals surface area contributed by atoms with Crippen molar-refractivity contribution in [3.63, 3.8) is 0 Å². The molecule has 1 amide bonds. The van der Waals surface area contributed by atoms with Crippen molar-refractivity contribution in [2.45, 2.75) is 24.6 Å². The van der Waals surface area contributed by atoms with Gasteiger partial charge in [0, 0.05) is 11.8 Å². The first-order chi connectivity index (χ1) is 8.46. The van der Waals surface area contributed by atoms with Crippen molar-refractivity contribution in [3.8, 4) is 0 Å². The molecule has 8 heteroatoms. The predicted molar refractivity (Wildman–Crippen MR) is 77.0 cm³/mol. The molecule has 0 aromatic heterocycles. The molecular weight excluding hydrogens is 292 g/mol. The number of thioether (sulfide) groups is 2. The van der Waals surface area contributed by atoms with Crippen LogP contribution >= 0.6 is 23.5 Å². The van der Waals surface area contributed by atoms with Gasteiger partial charge in [-0.15, -0.1) is 0 Å². The molecule has 2 rings (SSSR count). The Morgan fingerprint density at radius 1 is 1.61 bits per heavy atom. The van der Waals surface area contributed by atoms with Crippen molar-refractivity contribution < 1.29 is 13.2 Å². The van der Waals surface area contributed by atoms with Crippen LogP contribution in [-0.2, 0) is 14.6 Å². The van der Waals surface area contributed by atoms with Crippen molar-refractivity contribution in [1.29, 1.82) is 0 Å². The molecule has 2 heterocycles. The molecule has 18 heavy (non-hydrogen) atoms. The van der Waals surface area contributed by atoms with E-state index in [2.05, 4.69) is 10.3 Å². The second-order valence-electron chi connectivity index (χ2n) is 4.36. The summed E-state index contributed by atoms with van der Waals surface area (Å²) in [7, 11) is -2.94. The standard InChI is InChI=1S/C10H16N2O3S3/c1-7(17-10-11-3-4-16-10)9(13)12-8-2-5-18(14,15)6-8/h7-8H,2-6H2,1H3,(H,12,13)/t7-,8-/m0/s1. The van der Waals surface area contributed by atoms with Gasteiger partial charge in [-0.25, -0.2) is 8.42 Å². The zero-order chi connectivity index (χ0) is 13.2. The molecular formula is C10H16N2O3S3. The van der Waals surface area contributed by atoms with Crippen LogP contribution in [0.5, 0.6) is 0 Å². The summed E-state index contributed by atoms with van der Waals surface area (Å²) in [5, 5.41) is 2.58. The fourth-order valence-electron chi connectivity index (χ4n) is 1.82. The van der Waals surface area contributed by atoms with Crippen LogP contribution in [0.15, 0.2) is 4.99 Å². The Labute approximate surface area is 115 Å². The number of nitrogens with one attached hydrogen (secondary N) is 1. The van der Waals surface area contributed by atoms with E-state index in [4.69, 9.17) is 0 Å². The summed E-state index contributed by atoms with van der Waals surface area (Å²) in [6, 6.07) is -0.219. The van der Waals surface area contributed by atoms with Crippen molar-refractivity contribution in [3.05, 3.63) is 0 Å². The number of amides is 1. The summed E-state index contributed by atoms with van der Waals surface area (Å²) in [4.78, 5) is 16.2. The molecule has 0 unspecified atom stereocenters. The topological polar surface area (TPSA) is 75.6 Å². The molecule has 5 nitrogen and oxygen atoms in total. The van der Waals surface area contributed by atoms with E-state index in [1.54, 1.807) is 11.8 Å². The smallest absolute Gasteiger partial charge is 0.233 e. The lowest BCUT2D eigenvalue weighted by Gasteiger charge is -2.15. The van der Waals surface area contributed by atoms with Crippen molar-refractivity contribution >= 4 is 43.6 Å². The number of carbonyl (C=O) groups is 1. The van der Waals surface area contributed by atoms with Gasteiger partial charge in [0.05, 0.1) is 23.3 Å². The maximum Gasteiger partial charge on any atom is 0.233 e. The summed E-state index contributed by atoms with van der Waals surface area (Å²) < 4.78 is 23.5. The molecule has 0 spiro atoms. The van der Waals surface area contributed by atoms with E-state index in [1.165, 1.54) is 11.8 Å². The predicted octanol–water partition coefficient (Wildman–Crippen LogP) is 0.514. The first-order valence-corrected chi connectivity index (χ1v) is 9.50. The molecule has 0 bridgehead atoms. The molecule has 0 radical (unpaired) electrons. The van der Waals surface area contributed by atoms with E-state index in [1.807, 2.05) is 6.92 Å². The van der Waals surface area contributed by atoms with Gasteiger partial charge in [0.25, 0.3) is 0 Å². The van der Waals surface area contributed by atoms with Crippen molar-refractivity contribution in [2.75, 3.05) is 23.8 Å². The number of rotatable bonds is 3. The van der Waals surface area contributed by atoms with Gasteiger partial charge in [-0.2, -0.15) is 0 Å². The van der Waals surface area contributed by atoms with E-state index >= 15 is 0 Å². The molecule has 1 N–H and O–H groups in total. The van der Waals surface area contributed by atoms with Crippen LogP contribution < -0.4 is 5.32 Å². The third kappa shape index (κ3) is 3.89. The highest BCUT2D eigenvalue weighted by Gasteiger charge is 2.30. The van der Waals surface area contributed by atoms with Gasteiger partial charge in [0.15, 0.2) is 9.84 Å². The Balaban J connectivity index is 1.80. The quantitative estimate of drug-likeness (QED) is 0.822. The molecule has 2 atom stereocenters. The maximum atomic E-state index is 11.9. The number of nitrogens with zero attached hydrogens (tertiary/aromatic N) is 1. The average molecular weight is 308 g/mol. The number of carbonyl (C=O) groups excluding carboxylic acids is 1. The van der Waals surface area contributed by atoms with Gasteiger partial charge in [-0.05, 0) is 13.3 Å². The Bertz CT molecular complexity index is 461. The molecule has 1 saturated heterocycles. The minimum Gasteiger partial charge on any atom is -0.351 e. The van der Waals surface area contributed by atoms with E-state index in [-0.39, 0.29) is 28.7 Å². The van der Waals surface area contributed by atoms with Gasteiger partial charge in [-0.3, -0.25) is 9.79 Å². The maximum absolute atomic E-state index is 11.9. The molecule has 1 fully saturated rings. The van der Waals surface area contributed by atoms with Gasteiger partial charge in [0.2, 0.25) is 5.91 Å². The molecule has 0 aliphatic carbocycles. The van der Waals surface area contributed by atoms with Crippen LogP contribution in [0, 0.1) is 0 Å². The zero-order valence-corrected chi connectivity index (χ0v) is 12.5.